The topological polar surface area (TPSA) is 32.7 Å². The first-order valence-corrected chi connectivity index (χ1v) is 10.8. The van der Waals surface area contributed by atoms with Crippen molar-refractivity contribution >= 4 is 10.8 Å². The number of nitrogens with zero attached hydrogens (tertiary/aromatic N) is 1. The summed E-state index contributed by atoms with van der Waals surface area (Å²) in [5, 5.41) is 14.1. The minimum atomic E-state index is -0.783. The van der Waals surface area contributed by atoms with Gasteiger partial charge in [-0.05, 0) is 48.3 Å². The molecule has 0 aromatic heterocycles. The van der Waals surface area contributed by atoms with E-state index in [1.165, 1.54) is 24.8 Å². The molecule has 3 heteroatoms. The Balaban J connectivity index is 1.50. The van der Waals surface area contributed by atoms with Crippen molar-refractivity contribution in [2.45, 2.75) is 56.3 Å². The summed E-state index contributed by atoms with van der Waals surface area (Å²) in [6, 6.07) is 24.0. The zero-order valence-corrected chi connectivity index (χ0v) is 17.1. The van der Waals surface area contributed by atoms with Gasteiger partial charge in [-0.15, -0.1) is 0 Å². The van der Waals surface area contributed by atoms with E-state index < -0.39 is 5.60 Å². The molecule has 0 radical (unpaired) electrons. The van der Waals surface area contributed by atoms with Crippen LogP contribution in [0.4, 0.5) is 0 Å². The Hall–Kier alpha value is -2.36. The van der Waals surface area contributed by atoms with Gasteiger partial charge in [-0.25, -0.2) is 0 Å². The second-order valence-corrected chi connectivity index (χ2v) is 8.70. The molecule has 2 aliphatic rings. The highest BCUT2D eigenvalue weighted by molar-refractivity contribution is 5.91. The maximum Gasteiger partial charge on any atom is 0.126 e. The molecule has 1 N–H and O–H groups in total. The first-order chi connectivity index (χ1) is 14.2. The van der Waals surface area contributed by atoms with Crippen LogP contribution in [0.5, 0.6) is 5.75 Å². The minimum absolute atomic E-state index is 0.425. The Morgan fingerprint density at radius 2 is 1.55 bits per heavy atom. The Labute approximate surface area is 172 Å². The monoisotopic (exact) mass is 387 g/mol. The van der Waals surface area contributed by atoms with Crippen molar-refractivity contribution in [2.24, 2.45) is 0 Å². The van der Waals surface area contributed by atoms with Crippen LogP contribution in [0.1, 0.15) is 43.2 Å². The number of piperidine rings is 2. The normalized spacial score (nSPS) is 27.1. The van der Waals surface area contributed by atoms with Crippen LogP contribution in [0.25, 0.3) is 10.8 Å². The molecule has 3 aromatic carbocycles. The van der Waals surface area contributed by atoms with Gasteiger partial charge in [0.25, 0.3) is 0 Å². The van der Waals surface area contributed by atoms with E-state index in [0.29, 0.717) is 12.1 Å². The van der Waals surface area contributed by atoms with E-state index in [2.05, 4.69) is 59.5 Å². The maximum atomic E-state index is 11.9. The minimum Gasteiger partial charge on any atom is -0.496 e. The number of benzene rings is 3. The molecular formula is C26H29NO2. The average molecular weight is 388 g/mol. The molecule has 0 saturated carbocycles. The highest BCUT2D eigenvalue weighted by Gasteiger charge is 2.46. The number of rotatable bonds is 4. The van der Waals surface area contributed by atoms with Crippen molar-refractivity contribution in [3.05, 3.63) is 77.9 Å². The molecule has 2 heterocycles. The molecule has 29 heavy (non-hydrogen) atoms. The maximum absolute atomic E-state index is 11.9. The smallest absolute Gasteiger partial charge is 0.126 e. The van der Waals surface area contributed by atoms with Gasteiger partial charge in [0.1, 0.15) is 5.75 Å². The molecule has 3 nitrogen and oxygen atoms in total. The largest absolute Gasteiger partial charge is 0.496 e. The Morgan fingerprint density at radius 3 is 2.24 bits per heavy atom. The number of hydrogen-bond acceptors (Lipinski definition) is 3. The van der Waals surface area contributed by atoms with E-state index in [4.69, 9.17) is 4.74 Å². The second-order valence-electron chi connectivity index (χ2n) is 8.70. The fraction of sp³-hybridized carbons (Fsp3) is 0.385. The average Bonchev–Trinajstić information content (AvgIpc) is 2.74. The van der Waals surface area contributed by atoms with Crippen LogP contribution in [0.15, 0.2) is 66.7 Å². The molecule has 150 valence electrons. The molecular weight excluding hydrogens is 358 g/mol. The van der Waals surface area contributed by atoms with E-state index in [1.807, 2.05) is 12.1 Å². The summed E-state index contributed by atoms with van der Waals surface area (Å²) in [6.45, 7) is 0.982. The Bertz CT molecular complexity index is 986. The van der Waals surface area contributed by atoms with Gasteiger partial charge in [-0.2, -0.15) is 0 Å². The molecule has 3 aromatic rings. The van der Waals surface area contributed by atoms with Crippen molar-refractivity contribution in [2.75, 3.05) is 7.11 Å². The van der Waals surface area contributed by atoms with Gasteiger partial charge in [-0.1, -0.05) is 67.1 Å². The number of methoxy groups -OCH3 is 1. The van der Waals surface area contributed by atoms with Crippen LogP contribution >= 0.6 is 0 Å². The van der Waals surface area contributed by atoms with Crippen LogP contribution in [0, 0.1) is 0 Å². The molecule has 2 saturated heterocycles. The van der Waals surface area contributed by atoms with Gasteiger partial charge in [0.05, 0.1) is 12.7 Å². The molecule has 2 bridgehead atoms. The molecule has 2 unspecified atom stereocenters. The molecule has 2 fully saturated rings. The summed E-state index contributed by atoms with van der Waals surface area (Å²) >= 11 is 0. The summed E-state index contributed by atoms with van der Waals surface area (Å²) in [7, 11) is 1.71. The van der Waals surface area contributed by atoms with Crippen molar-refractivity contribution in [1.82, 2.24) is 4.90 Å². The van der Waals surface area contributed by atoms with E-state index >= 15 is 0 Å². The van der Waals surface area contributed by atoms with E-state index in [9.17, 15) is 5.11 Å². The van der Waals surface area contributed by atoms with Crippen LogP contribution in [-0.4, -0.2) is 29.2 Å². The Kier molecular flexibility index (Phi) is 4.81. The predicted octanol–water partition coefficient (Wildman–Crippen LogP) is 5.25. The van der Waals surface area contributed by atoms with Crippen molar-refractivity contribution in [3.8, 4) is 5.75 Å². The predicted molar refractivity (Wildman–Crippen MR) is 117 cm³/mol. The summed E-state index contributed by atoms with van der Waals surface area (Å²) in [4.78, 5) is 2.65. The zero-order chi connectivity index (χ0) is 19.8. The van der Waals surface area contributed by atoms with Crippen LogP contribution in [0.2, 0.25) is 0 Å². The van der Waals surface area contributed by atoms with Crippen molar-refractivity contribution < 1.29 is 9.84 Å². The van der Waals surface area contributed by atoms with Crippen molar-refractivity contribution in [1.29, 1.82) is 0 Å². The third kappa shape index (κ3) is 3.33. The van der Waals surface area contributed by atoms with Gasteiger partial charge >= 0.3 is 0 Å². The number of ether oxygens (including phenoxy) is 1. The van der Waals surface area contributed by atoms with E-state index in [0.717, 1.165) is 41.5 Å². The van der Waals surface area contributed by atoms with Gasteiger partial charge < -0.3 is 9.84 Å². The SMILES string of the molecule is COc1ccc(C2(O)CC3CCCC(C2)N3Cc2ccccc2)c2ccccc12. The molecule has 5 rings (SSSR count). The molecule has 2 atom stereocenters. The summed E-state index contributed by atoms with van der Waals surface area (Å²) < 4.78 is 5.57. The summed E-state index contributed by atoms with van der Waals surface area (Å²) in [6.07, 6.45) is 5.19. The quantitative estimate of drug-likeness (QED) is 0.663. The van der Waals surface area contributed by atoms with Crippen LogP contribution in [0.3, 0.4) is 0 Å². The van der Waals surface area contributed by atoms with Crippen LogP contribution in [-0.2, 0) is 12.1 Å². The molecule has 2 aliphatic heterocycles. The fourth-order valence-electron chi connectivity index (χ4n) is 5.65. The lowest BCUT2D eigenvalue weighted by Gasteiger charge is -2.52. The lowest BCUT2D eigenvalue weighted by atomic mass is 9.71. The van der Waals surface area contributed by atoms with E-state index in [-0.39, 0.29) is 0 Å². The number of fused-ring (bicyclic) bond motifs is 3. The van der Waals surface area contributed by atoms with Crippen LogP contribution < -0.4 is 4.74 Å². The third-order valence-electron chi connectivity index (χ3n) is 6.97. The summed E-state index contributed by atoms with van der Waals surface area (Å²) in [5.41, 5.74) is 1.64. The van der Waals surface area contributed by atoms with Crippen molar-refractivity contribution in [3.63, 3.8) is 0 Å². The first kappa shape index (κ1) is 18.7. The standard InChI is InChI=1S/C26H29NO2/c1-29-25-15-14-24(22-12-5-6-13-23(22)25)26(28)16-20-10-7-11-21(17-26)27(20)18-19-8-3-2-4-9-19/h2-6,8-9,12-15,20-21,28H,7,10-11,16-18H2,1H3. The molecule has 0 spiro atoms. The van der Waals surface area contributed by atoms with Gasteiger partial charge in [0, 0.05) is 24.0 Å². The van der Waals surface area contributed by atoms with Gasteiger partial charge in [0.15, 0.2) is 0 Å². The lowest BCUT2D eigenvalue weighted by molar-refractivity contribution is -0.0991. The first-order valence-electron chi connectivity index (χ1n) is 10.8. The zero-order valence-electron chi connectivity index (χ0n) is 17.1. The number of aliphatic hydroxyl groups is 1. The number of hydrogen-bond donors (Lipinski definition) is 1. The fourth-order valence-corrected chi connectivity index (χ4v) is 5.65. The molecule has 0 aliphatic carbocycles. The third-order valence-corrected chi connectivity index (χ3v) is 6.97. The van der Waals surface area contributed by atoms with Gasteiger partial charge in [-0.3, -0.25) is 4.90 Å². The van der Waals surface area contributed by atoms with E-state index in [1.54, 1.807) is 7.11 Å². The summed E-state index contributed by atoms with van der Waals surface area (Å²) in [5.74, 6) is 0.870. The molecule has 0 amide bonds. The second kappa shape index (κ2) is 7.47. The highest BCUT2D eigenvalue weighted by atomic mass is 16.5. The highest BCUT2D eigenvalue weighted by Crippen LogP contribution is 2.47. The van der Waals surface area contributed by atoms with Gasteiger partial charge in [0.2, 0.25) is 0 Å². The Morgan fingerprint density at radius 1 is 0.897 bits per heavy atom. The lowest BCUT2D eigenvalue weighted by Crippen LogP contribution is -2.56.